The summed E-state index contributed by atoms with van der Waals surface area (Å²) in [5, 5.41) is 8.12. The van der Waals surface area contributed by atoms with Crippen LogP contribution in [-0.4, -0.2) is 81.4 Å². The van der Waals surface area contributed by atoms with Crippen molar-refractivity contribution in [2.75, 3.05) is 73.0 Å². The van der Waals surface area contributed by atoms with Crippen LogP contribution in [0, 0.1) is 5.41 Å². The number of likely N-dealkylation sites (tertiary alicyclic amines) is 1. The molecule has 3 aliphatic heterocycles. The maximum absolute atomic E-state index is 12.6. The van der Waals surface area contributed by atoms with E-state index in [9.17, 15) is 8.42 Å². The predicted octanol–water partition coefficient (Wildman–Crippen LogP) is 5.74. The molecule has 45 heavy (non-hydrogen) atoms. The van der Waals surface area contributed by atoms with Gasteiger partial charge in [0.15, 0.2) is 0 Å². The van der Waals surface area contributed by atoms with Crippen LogP contribution in [0.5, 0.6) is 5.75 Å². The Morgan fingerprint density at radius 3 is 2.47 bits per heavy atom. The summed E-state index contributed by atoms with van der Waals surface area (Å²) in [7, 11) is 0.426. The fourth-order valence-corrected chi connectivity index (χ4v) is 8.31. The summed E-state index contributed by atoms with van der Waals surface area (Å²) in [6, 6.07) is 11.5. The van der Waals surface area contributed by atoms with E-state index >= 15 is 0 Å². The average Bonchev–Trinajstić information content (AvgIpc) is 3.68. The third-order valence-electron chi connectivity index (χ3n) is 9.75. The average molecular weight is 651 g/mol. The summed E-state index contributed by atoms with van der Waals surface area (Å²) in [6.45, 7) is 4.71. The molecule has 7 rings (SSSR count). The Hall–Kier alpha value is -3.74. The summed E-state index contributed by atoms with van der Waals surface area (Å²) in [4.78, 5) is 17.5. The number of rotatable bonds is 7. The van der Waals surface area contributed by atoms with Crippen molar-refractivity contribution in [1.82, 2.24) is 19.9 Å². The van der Waals surface area contributed by atoms with E-state index in [1.807, 2.05) is 36.4 Å². The Morgan fingerprint density at radius 2 is 1.73 bits per heavy atom. The Labute approximate surface area is 269 Å². The van der Waals surface area contributed by atoms with Crippen molar-refractivity contribution in [3.8, 4) is 5.75 Å². The normalized spacial score (nSPS) is 18.4. The first-order valence-electron chi connectivity index (χ1n) is 15.4. The fraction of sp³-hybridized carbons (Fsp3) is 0.438. The predicted molar refractivity (Wildman–Crippen MR) is 181 cm³/mol. The Bertz CT molecular complexity index is 1840. The molecule has 4 aromatic rings. The molecule has 0 aliphatic carbocycles. The van der Waals surface area contributed by atoms with Crippen LogP contribution in [0.25, 0.3) is 11.0 Å². The summed E-state index contributed by atoms with van der Waals surface area (Å²) in [5.74, 6) is 1.52. The number of anilines is 6. The first-order chi connectivity index (χ1) is 21.6. The highest BCUT2D eigenvalue weighted by Gasteiger charge is 2.37. The van der Waals surface area contributed by atoms with Gasteiger partial charge in [0.2, 0.25) is 16.0 Å². The monoisotopic (exact) mass is 650 g/mol. The molecule has 2 aromatic heterocycles. The van der Waals surface area contributed by atoms with Gasteiger partial charge >= 0.3 is 0 Å². The van der Waals surface area contributed by atoms with Gasteiger partial charge in [0.05, 0.1) is 46.5 Å². The number of fused-ring (bicyclic) bond motifs is 2. The summed E-state index contributed by atoms with van der Waals surface area (Å²) in [5.41, 5.74) is 4.98. The van der Waals surface area contributed by atoms with Crippen LogP contribution in [0.4, 0.5) is 34.5 Å². The Kier molecular flexibility index (Phi) is 7.69. The van der Waals surface area contributed by atoms with Gasteiger partial charge in [-0.3, -0.25) is 4.31 Å². The molecule has 3 N–H and O–H groups in total. The molecule has 0 saturated carbocycles. The number of aromatic amines is 1. The quantitative estimate of drug-likeness (QED) is 0.230. The van der Waals surface area contributed by atoms with Gasteiger partial charge in [-0.25, -0.2) is 8.42 Å². The van der Waals surface area contributed by atoms with Gasteiger partial charge in [0, 0.05) is 31.9 Å². The topological polar surface area (TPSA) is 119 Å². The molecule has 2 saturated heterocycles. The number of nitrogens with one attached hydrogen (secondary N) is 3. The number of halogens is 1. The van der Waals surface area contributed by atoms with Gasteiger partial charge in [-0.15, -0.1) is 0 Å². The molecule has 1 spiro atoms. The van der Waals surface area contributed by atoms with E-state index in [1.165, 1.54) is 49.3 Å². The molecule has 2 aromatic carbocycles. The fourth-order valence-electron chi connectivity index (χ4n) is 7.06. The van der Waals surface area contributed by atoms with Crippen molar-refractivity contribution < 1.29 is 13.2 Å². The number of para-hydroxylation sites is 1. The van der Waals surface area contributed by atoms with Crippen molar-refractivity contribution in [3.05, 3.63) is 53.2 Å². The molecule has 0 amide bonds. The van der Waals surface area contributed by atoms with Gasteiger partial charge in [0.1, 0.15) is 17.2 Å². The lowest BCUT2D eigenvalue weighted by molar-refractivity contribution is 0.0945. The maximum Gasteiger partial charge on any atom is 0.232 e. The largest absolute Gasteiger partial charge is 0.494 e. The van der Waals surface area contributed by atoms with Crippen molar-refractivity contribution in [1.29, 1.82) is 0 Å². The summed E-state index contributed by atoms with van der Waals surface area (Å²) in [6.07, 6.45) is 8.56. The lowest BCUT2D eigenvalue weighted by Crippen LogP contribution is -2.46. The number of methoxy groups -OCH3 is 1. The molecule has 13 heteroatoms. The zero-order chi connectivity index (χ0) is 31.3. The van der Waals surface area contributed by atoms with Crippen molar-refractivity contribution in [2.45, 2.75) is 32.1 Å². The standard InChI is InChI=1S/C32H39ClN8O3S/c1-39-15-9-32(10-16-39)11-17-40(18-12-32)26-20-27(44-2)25(19-23(26)33)36-31-37-29-22(7-13-34-29)30(38-31)35-24-6-4-5-21-8-14-41(28(21)24)45(3,42)43/h4-7,13,19-20H,8-12,14-18H2,1-3H3,(H3,34,35,36,37,38). The number of aromatic nitrogens is 3. The van der Waals surface area contributed by atoms with Crippen LogP contribution in [0.1, 0.15) is 31.2 Å². The highest BCUT2D eigenvalue weighted by Crippen LogP contribution is 2.45. The van der Waals surface area contributed by atoms with E-state index in [4.69, 9.17) is 26.3 Å². The molecule has 5 heterocycles. The minimum Gasteiger partial charge on any atom is -0.494 e. The number of H-pyrrole nitrogens is 1. The van der Waals surface area contributed by atoms with E-state index in [1.54, 1.807) is 13.3 Å². The van der Waals surface area contributed by atoms with Crippen LogP contribution in [0.2, 0.25) is 5.02 Å². The highest BCUT2D eigenvalue weighted by molar-refractivity contribution is 7.92. The number of ether oxygens (including phenoxy) is 1. The number of nitrogens with zero attached hydrogens (tertiary/aromatic N) is 5. The van der Waals surface area contributed by atoms with Crippen LogP contribution in [0.15, 0.2) is 42.6 Å². The second-order valence-corrected chi connectivity index (χ2v) is 14.9. The second kappa shape index (κ2) is 11.6. The van der Waals surface area contributed by atoms with Gasteiger partial charge < -0.3 is 30.2 Å². The molecule has 0 unspecified atom stereocenters. The highest BCUT2D eigenvalue weighted by atomic mass is 35.5. The van der Waals surface area contributed by atoms with E-state index in [0.29, 0.717) is 63.6 Å². The first-order valence-corrected chi connectivity index (χ1v) is 17.6. The summed E-state index contributed by atoms with van der Waals surface area (Å²) < 4.78 is 32.4. The van der Waals surface area contributed by atoms with E-state index < -0.39 is 10.0 Å². The number of sulfonamides is 1. The molecule has 2 fully saturated rings. The third kappa shape index (κ3) is 5.75. The van der Waals surface area contributed by atoms with Crippen LogP contribution < -0.4 is 24.6 Å². The molecule has 0 radical (unpaired) electrons. The lowest BCUT2D eigenvalue weighted by Gasteiger charge is -2.47. The van der Waals surface area contributed by atoms with Gasteiger partial charge in [-0.1, -0.05) is 23.7 Å². The maximum atomic E-state index is 12.6. The van der Waals surface area contributed by atoms with E-state index in [0.717, 1.165) is 29.7 Å². The molecular weight excluding hydrogens is 612 g/mol. The Balaban J connectivity index is 1.15. The van der Waals surface area contributed by atoms with Crippen LogP contribution in [0.3, 0.4) is 0 Å². The zero-order valence-corrected chi connectivity index (χ0v) is 27.4. The van der Waals surface area contributed by atoms with Gasteiger partial charge in [-0.05, 0) is 81.4 Å². The third-order valence-corrected chi connectivity index (χ3v) is 11.2. The van der Waals surface area contributed by atoms with E-state index in [-0.39, 0.29) is 0 Å². The van der Waals surface area contributed by atoms with Crippen molar-refractivity contribution in [2.24, 2.45) is 5.41 Å². The minimum absolute atomic E-state index is 0.337. The molecule has 3 aliphatic rings. The smallest absolute Gasteiger partial charge is 0.232 e. The molecule has 11 nitrogen and oxygen atoms in total. The molecular formula is C32H39ClN8O3S. The molecule has 238 valence electrons. The molecule has 0 bridgehead atoms. The lowest BCUT2D eigenvalue weighted by atomic mass is 9.71. The second-order valence-electron chi connectivity index (χ2n) is 12.6. The van der Waals surface area contributed by atoms with Crippen LogP contribution in [-0.2, 0) is 16.4 Å². The number of hydrogen-bond acceptors (Lipinski definition) is 9. The van der Waals surface area contributed by atoms with Gasteiger partial charge in [-0.2, -0.15) is 9.97 Å². The number of piperidine rings is 2. The van der Waals surface area contributed by atoms with Crippen molar-refractivity contribution >= 4 is 67.2 Å². The van der Waals surface area contributed by atoms with E-state index in [2.05, 4.69) is 32.5 Å². The molecule has 0 atom stereocenters. The van der Waals surface area contributed by atoms with Crippen molar-refractivity contribution in [3.63, 3.8) is 0 Å². The number of hydrogen-bond donors (Lipinski definition) is 3. The Morgan fingerprint density at radius 1 is 0.978 bits per heavy atom. The van der Waals surface area contributed by atoms with Crippen LogP contribution >= 0.6 is 11.6 Å². The van der Waals surface area contributed by atoms with Gasteiger partial charge in [0.25, 0.3) is 0 Å². The zero-order valence-electron chi connectivity index (χ0n) is 25.9. The minimum atomic E-state index is -3.43. The summed E-state index contributed by atoms with van der Waals surface area (Å²) >= 11 is 6.92. The SMILES string of the molecule is COc1cc(N2CCC3(CCN(C)CC3)CC2)c(Cl)cc1Nc1nc(Nc2cccc3c2N(S(C)(=O)=O)CC3)c2cc[nH]c2n1. The number of benzene rings is 2. The first kappa shape index (κ1) is 29.9.